The fourth-order valence-corrected chi connectivity index (χ4v) is 2.22. The summed E-state index contributed by atoms with van der Waals surface area (Å²) in [6.45, 7) is 5.16. The van der Waals surface area contributed by atoms with Gasteiger partial charge in [-0.2, -0.15) is 0 Å². The molecule has 0 bridgehead atoms. The van der Waals surface area contributed by atoms with Gasteiger partial charge in [0.25, 0.3) is 0 Å². The fraction of sp³-hybridized carbons (Fsp3) is 0.778. The Labute approximate surface area is 155 Å². The molecule has 3 amide bonds. The Balaban J connectivity index is 4.48. The Hall–Kier alpha value is -2.12. The third kappa shape index (κ3) is 13.2. The minimum atomic E-state index is -0.963. The highest BCUT2D eigenvalue weighted by molar-refractivity contribution is 5.88. The van der Waals surface area contributed by atoms with E-state index in [0.717, 1.165) is 25.7 Å². The number of hydrogen-bond donors (Lipinski definition) is 4. The van der Waals surface area contributed by atoms with Gasteiger partial charge in [0, 0.05) is 32.4 Å². The first-order chi connectivity index (χ1) is 12.4. The molecule has 150 valence electrons. The second-order valence-corrected chi connectivity index (χ2v) is 6.25. The van der Waals surface area contributed by atoms with Crippen molar-refractivity contribution in [3.63, 3.8) is 0 Å². The van der Waals surface area contributed by atoms with E-state index >= 15 is 0 Å². The first kappa shape index (κ1) is 23.9. The van der Waals surface area contributed by atoms with Crippen molar-refractivity contribution in [1.82, 2.24) is 16.0 Å². The number of carbonyl (C=O) groups excluding carboxylic acids is 3. The van der Waals surface area contributed by atoms with E-state index in [2.05, 4.69) is 16.0 Å². The van der Waals surface area contributed by atoms with Crippen molar-refractivity contribution >= 4 is 23.7 Å². The van der Waals surface area contributed by atoms with E-state index in [1.54, 1.807) is 0 Å². The van der Waals surface area contributed by atoms with Gasteiger partial charge in [-0.1, -0.05) is 26.7 Å². The van der Waals surface area contributed by atoms with Gasteiger partial charge in [0.1, 0.15) is 6.04 Å². The van der Waals surface area contributed by atoms with Crippen molar-refractivity contribution in [3.8, 4) is 0 Å². The van der Waals surface area contributed by atoms with E-state index in [9.17, 15) is 19.2 Å². The number of rotatable bonds is 15. The molecule has 0 saturated carbocycles. The van der Waals surface area contributed by atoms with Gasteiger partial charge in [-0.3, -0.25) is 19.2 Å². The third-order valence-corrected chi connectivity index (χ3v) is 3.79. The van der Waals surface area contributed by atoms with Crippen LogP contribution in [0.2, 0.25) is 0 Å². The summed E-state index contributed by atoms with van der Waals surface area (Å²) in [5.74, 6) is -1.81. The predicted molar refractivity (Wildman–Crippen MR) is 98.5 cm³/mol. The van der Waals surface area contributed by atoms with E-state index in [1.165, 1.54) is 0 Å². The average molecular weight is 371 g/mol. The predicted octanol–water partition coefficient (Wildman–Crippen LogP) is 1.34. The van der Waals surface area contributed by atoms with E-state index in [4.69, 9.17) is 5.11 Å². The first-order valence-corrected chi connectivity index (χ1v) is 9.46. The summed E-state index contributed by atoms with van der Waals surface area (Å²) in [6.07, 6.45) is 4.15. The van der Waals surface area contributed by atoms with Gasteiger partial charge in [-0.05, 0) is 25.7 Å². The zero-order valence-corrected chi connectivity index (χ0v) is 15.9. The van der Waals surface area contributed by atoms with Crippen molar-refractivity contribution in [2.24, 2.45) is 0 Å². The summed E-state index contributed by atoms with van der Waals surface area (Å²) in [4.78, 5) is 46.5. The molecule has 0 saturated heterocycles. The van der Waals surface area contributed by atoms with E-state index < -0.39 is 12.0 Å². The Bertz CT molecular complexity index is 454. The highest BCUT2D eigenvalue weighted by Gasteiger charge is 2.21. The highest BCUT2D eigenvalue weighted by Crippen LogP contribution is 2.02. The zero-order chi connectivity index (χ0) is 19.8. The highest BCUT2D eigenvalue weighted by atomic mass is 16.4. The molecule has 0 aliphatic heterocycles. The molecule has 0 unspecified atom stereocenters. The van der Waals surface area contributed by atoms with Crippen LogP contribution in [-0.4, -0.2) is 47.9 Å². The van der Waals surface area contributed by atoms with Crippen LogP contribution < -0.4 is 16.0 Å². The molecule has 0 radical (unpaired) electrons. The Kier molecular flexibility index (Phi) is 13.9. The topological polar surface area (TPSA) is 125 Å². The first-order valence-electron chi connectivity index (χ1n) is 9.46. The second-order valence-electron chi connectivity index (χ2n) is 6.25. The lowest BCUT2D eigenvalue weighted by Crippen LogP contribution is -2.47. The van der Waals surface area contributed by atoms with Crippen molar-refractivity contribution in [2.75, 3.05) is 13.1 Å². The molecule has 0 aromatic carbocycles. The molecule has 8 heteroatoms. The van der Waals surface area contributed by atoms with Crippen LogP contribution in [0.25, 0.3) is 0 Å². The van der Waals surface area contributed by atoms with Crippen LogP contribution in [-0.2, 0) is 19.2 Å². The molecule has 0 aromatic heterocycles. The van der Waals surface area contributed by atoms with Crippen LogP contribution in [0.5, 0.6) is 0 Å². The number of nitrogens with one attached hydrogen (secondary N) is 3. The maximum absolute atomic E-state index is 12.3. The normalized spacial score (nSPS) is 11.5. The Morgan fingerprint density at radius 3 is 2.00 bits per heavy atom. The third-order valence-electron chi connectivity index (χ3n) is 3.79. The summed E-state index contributed by atoms with van der Waals surface area (Å²) in [5, 5.41) is 16.8. The molecule has 0 heterocycles. The Morgan fingerprint density at radius 1 is 0.808 bits per heavy atom. The minimum absolute atomic E-state index is 0.0355. The molecule has 26 heavy (non-hydrogen) atoms. The van der Waals surface area contributed by atoms with Gasteiger partial charge in [0.05, 0.1) is 0 Å². The SMILES string of the molecule is CCCCNC(=O)CC[C@H](NC(=O)CCCC(=O)O)C(=O)NCCCC. The maximum atomic E-state index is 12.3. The molecular weight excluding hydrogens is 338 g/mol. The zero-order valence-electron chi connectivity index (χ0n) is 15.9. The van der Waals surface area contributed by atoms with Crippen molar-refractivity contribution in [3.05, 3.63) is 0 Å². The molecule has 0 aliphatic rings. The number of unbranched alkanes of at least 4 members (excludes halogenated alkanes) is 2. The van der Waals surface area contributed by atoms with Gasteiger partial charge in [-0.25, -0.2) is 0 Å². The Morgan fingerprint density at radius 2 is 1.42 bits per heavy atom. The number of carboxylic acids is 1. The molecular formula is C18H33N3O5. The van der Waals surface area contributed by atoms with Crippen LogP contribution in [0.3, 0.4) is 0 Å². The molecule has 0 spiro atoms. The molecule has 4 N–H and O–H groups in total. The van der Waals surface area contributed by atoms with Crippen LogP contribution >= 0.6 is 0 Å². The number of hydrogen-bond acceptors (Lipinski definition) is 4. The van der Waals surface area contributed by atoms with Crippen LogP contribution in [0.15, 0.2) is 0 Å². The van der Waals surface area contributed by atoms with Crippen molar-refractivity contribution in [1.29, 1.82) is 0 Å². The van der Waals surface area contributed by atoms with E-state index in [0.29, 0.717) is 13.1 Å². The summed E-state index contributed by atoms with van der Waals surface area (Å²) < 4.78 is 0. The maximum Gasteiger partial charge on any atom is 0.303 e. The van der Waals surface area contributed by atoms with Gasteiger partial charge < -0.3 is 21.1 Å². The standard InChI is InChI=1S/C18H33N3O5/c1-3-5-12-19-15(22)11-10-14(18(26)20-13-6-4-2)21-16(23)8-7-9-17(24)25/h14H,3-13H2,1-2H3,(H,19,22)(H,20,26)(H,21,23)(H,24,25)/t14-/m0/s1. The molecule has 1 atom stereocenters. The average Bonchev–Trinajstić information content (AvgIpc) is 2.58. The van der Waals surface area contributed by atoms with E-state index in [1.807, 2.05) is 13.8 Å². The van der Waals surface area contributed by atoms with Crippen molar-refractivity contribution < 1.29 is 24.3 Å². The molecule has 0 aliphatic carbocycles. The van der Waals surface area contributed by atoms with Gasteiger partial charge in [0.15, 0.2) is 0 Å². The largest absolute Gasteiger partial charge is 0.481 e. The van der Waals surface area contributed by atoms with Gasteiger partial charge >= 0.3 is 5.97 Å². The van der Waals surface area contributed by atoms with Gasteiger partial charge in [-0.15, -0.1) is 0 Å². The summed E-state index contributed by atoms with van der Waals surface area (Å²) in [6, 6.07) is -0.791. The summed E-state index contributed by atoms with van der Waals surface area (Å²) in [7, 11) is 0. The lowest BCUT2D eigenvalue weighted by atomic mass is 10.1. The molecule has 0 fully saturated rings. The van der Waals surface area contributed by atoms with Crippen molar-refractivity contribution in [2.45, 2.75) is 77.7 Å². The quantitative estimate of drug-likeness (QED) is 0.323. The van der Waals surface area contributed by atoms with Gasteiger partial charge in [0.2, 0.25) is 17.7 Å². The molecule has 0 rings (SSSR count). The van der Waals surface area contributed by atoms with Crippen LogP contribution in [0.1, 0.15) is 71.6 Å². The second kappa shape index (κ2) is 15.2. The minimum Gasteiger partial charge on any atom is -0.481 e. The number of amides is 3. The summed E-state index contributed by atoms with van der Waals surface area (Å²) in [5.41, 5.74) is 0. The number of carbonyl (C=O) groups is 4. The summed E-state index contributed by atoms with van der Waals surface area (Å²) >= 11 is 0. The van der Waals surface area contributed by atoms with Crippen LogP contribution in [0, 0.1) is 0 Å². The van der Waals surface area contributed by atoms with Crippen LogP contribution in [0.4, 0.5) is 0 Å². The lowest BCUT2D eigenvalue weighted by molar-refractivity contribution is -0.137. The van der Waals surface area contributed by atoms with E-state index in [-0.39, 0.29) is 49.8 Å². The number of carboxylic acid groups (broad SMARTS) is 1. The molecule has 0 aromatic rings. The smallest absolute Gasteiger partial charge is 0.303 e. The molecule has 8 nitrogen and oxygen atoms in total. The lowest BCUT2D eigenvalue weighted by Gasteiger charge is -2.18. The fourth-order valence-electron chi connectivity index (χ4n) is 2.22. The monoisotopic (exact) mass is 371 g/mol. The number of aliphatic carboxylic acids is 1.